The third-order valence-corrected chi connectivity index (χ3v) is 5.70. The Hall–Kier alpha value is -3.19. The normalized spacial score (nSPS) is 16.1. The van der Waals surface area contributed by atoms with Crippen LogP contribution < -0.4 is 9.47 Å². The predicted octanol–water partition coefficient (Wildman–Crippen LogP) is 2.61. The van der Waals surface area contributed by atoms with E-state index in [9.17, 15) is 0 Å². The highest BCUT2D eigenvalue weighted by Gasteiger charge is 2.21. The van der Waals surface area contributed by atoms with Crippen molar-refractivity contribution in [3.63, 3.8) is 0 Å². The van der Waals surface area contributed by atoms with E-state index in [1.54, 1.807) is 13.3 Å². The molecule has 0 N–H and O–H groups in total. The van der Waals surface area contributed by atoms with Crippen LogP contribution in [0.1, 0.15) is 22.8 Å². The van der Waals surface area contributed by atoms with E-state index in [-0.39, 0.29) is 0 Å². The van der Waals surface area contributed by atoms with Gasteiger partial charge in [-0.1, -0.05) is 18.2 Å². The fraction of sp³-hybridized carbons (Fsp3) is 0.348. The number of methoxy groups -OCH3 is 1. The molecular weight excluding hydrogens is 378 g/mol. The number of ether oxygens (including phenoxy) is 2. The van der Waals surface area contributed by atoms with E-state index in [1.165, 1.54) is 5.57 Å². The van der Waals surface area contributed by atoms with Crippen LogP contribution >= 0.6 is 0 Å². The number of benzene rings is 1. The van der Waals surface area contributed by atoms with Crippen LogP contribution in [0, 0.1) is 0 Å². The summed E-state index contributed by atoms with van der Waals surface area (Å²) < 4.78 is 13.7. The minimum absolute atomic E-state index is 0.599. The number of hydrogen-bond donors (Lipinski definition) is 0. The lowest BCUT2D eigenvalue weighted by Crippen LogP contribution is -2.31. The van der Waals surface area contributed by atoms with E-state index in [0.717, 1.165) is 73.3 Å². The topological polar surface area (TPSA) is 65.3 Å². The van der Waals surface area contributed by atoms with Crippen LogP contribution in [0.25, 0.3) is 6.08 Å². The van der Waals surface area contributed by atoms with Crippen LogP contribution in [-0.4, -0.2) is 58.0 Å². The molecule has 0 spiro atoms. The number of para-hydroxylation sites is 1. The fourth-order valence-electron chi connectivity index (χ4n) is 4.17. The third kappa shape index (κ3) is 3.80. The third-order valence-electron chi connectivity index (χ3n) is 5.70. The largest absolute Gasteiger partial charge is 0.493 e. The van der Waals surface area contributed by atoms with Crippen LogP contribution in [0.3, 0.4) is 0 Å². The molecule has 0 radical (unpaired) electrons. The van der Waals surface area contributed by atoms with Crippen molar-refractivity contribution in [1.29, 1.82) is 0 Å². The first kappa shape index (κ1) is 18.8. The summed E-state index contributed by atoms with van der Waals surface area (Å²) in [4.78, 5) is 6.68. The molecule has 1 aromatic carbocycles. The Bertz CT molecular complexity index is 1060. The van der Waals surface area contributed by atoms with E-state index in [1.807, 2.05) is 24.4 Å². The number of aromatic nitrogens is 4. The highest BCUT2D eigenvalue weighted by atomic mass is 16.5. The lowest BCUT2D eigenvalue weighted by molar-refractivity contribution is 0.270. The van der Waals surface area contributed by atoms with Gasteiger partial charge in [0.1, 0.15) is 18.3 Å². The van der Waals surface area contributed by atoms with E-state index in [2.05, 4.69) is 42.9 Å². The summed E-state index contributed by atoms with van der Waals surface area (Å²) >= 11 is 0. The van der Waals surface area contributed by atoms with Gasteiger partial charge in [-0.25, -0.2) is 0 Å². The molecule has 0 amide bonds. The first-order chi connectivity index (χ1) is 14.8. The van der Waals surface area contributed by atoms with Crippen molar-refractivity contribution in [1.82, 2.24) is 24.6 Å². The molecular formula is C23H25N5O2. The first-order valence-corrected chi connectivity index (χ1v) is 10.3. The Kier molecular flexibility index (Phi) is 5.19. The molecule has 30 heavy (non-hydrogen) atoms. The molecule has 0 bridgehead atoms. The minimum Gasteiger partial charge on any atom is -0.493 e. The zero-order valence-corrected chi connectivity index (χ0v) is 17.1. The quantitative estimate of drug-likeness (QED) is 0.653. The molecule has 3 aromatic rings. The number of rotatable bonds is 5. The molecule has 0 saturated carbocycles. The molecule has 2 aliphatic heterocycles. The standard InChI is InChI=1S/C23H25N5O2/c1-29-20-6-2-5-19-12-18(16-30-23(19)20)15-27-9-7-21-25-26-22(28(21)11-10-27)13-17-4-3-8-24-14-17/h2-6,8,12,14H,7,9-11,13,15-16H2,1H3. The van der Waals surface area contributed by atoms with Gasteiger partial charge in [-0.3, -0.25) is 9.88 Å². The fourth-order valence-corrected chi connectivity index (χ4v) is 4.17. The van der Waals surface area contributed by atoms with Gasteiger partial charge in [-0.15, -0.1) is 10.2 Å². The highest BCUT2D eigenvalue weighted by Crippen LogP contribution is 2.35. The van der Waals surface area contributed by atoms with Gasteiger partial charge in [0.25, 0.3) is 0 Å². The van der Waals surface area contributed by atoms with E-state index < -0.39 is 0 Å². The first-order valence-electron chi connectivity index (χ1n) is 10.3. The monoisotopic (exact) mass is 403 g/mol. The van der Waals surface area contributed by atoms with Crippen LogP contribution in [0.2, 0.25) is 0 Å². The highest BCUT2D eigenvalue weighted by molar-refractivity contribution is 5.66. The molecule has 0 saturated heterocycles. The molecule has 0 aliphatic carbocycles. The molecule has 7 heteroatoms. The van der Waals surface area contributed by atoms with Crippen molar-refractivity contribution in [2.24, 2.45) is 0 Å². The molecule has 2 aliphatic rings. The van der Waals surface area contributed by atoms with Crippen LogP contribution in [0.5, 0.6) is 11.5 Å². The van der Waals surface area contributed by atoms with Gasteiger partial charge in [0.05, 0.1) is 7.11 Å². The van der Waals surface area contributed by atoms with Crippen molar-refractivity contribution in [3.8, 4) is 11.5 Å². The van der Waals surface area contributed by atoms with Crippen molar-refractivity contribution in [3.05, 3.63) is 71.1 Å². The zero-order chi connectivity index (χ0) is 20.3. The summed E-state index contributed by atoms with van der Waals surface area (Å²) in [7, 11) is 1.68. The van der Waals surface area contributed by atoms with Crippen molar-refractivity contribution >= 4 is 6.08 Å². The smallest absolute Gasteiger partial charge is 0.168 e. The van der Waals surface area contributed by atoms with Crippen molar-refractivity contribution < 1.29 is 9.47 Å². The average molecular weight is 403 g/mol. The van der Waals surface area contributed by atoms with Gasteiger partial charge in [0.2, 0.25) is 0 Å². The Morgan fingerprint density at radius 2 is 2.07 bits per heavy atom. The van der Waals surface area contributed by atoms with Gasteiger partial charge in [0.15, 0.2) is 11.5 Å². The predicted molar refractivity (Wildman–Crippen MR) is 114 cm³/mol. The average Bonchev–Trinajstić information content (AvgIpc) is 3.05. The number of pyridine rings is 1. The molecule has 4 heterocycles. The van der Waals surface area contributed by atoms with Crippen LogP contribution in [0.15, 0.2) is 48.3 Å². The maximum atomic E-state index is 6.01. The zero-order valence-electron chi connectivity index (χ0n) is 17.1. The van der Waals surface area contributed by atoms with Gasteiger partial charge >= 0.3 is 0 Å². The Labute approximate surface area is 176 Å². The number of fused-ring (bicyclic) bond motifs is 2. The summed E-state index contributed by atoms with van der Waals surface area (Å²) in [5, 5.41) is 8.90. The van der Waals surface area contributed by atoms with E-state index in [0.29, 0.717) is 6.61 Å². The van der Waals surface area contributed by atoms with Crippen LogP contribution in [0.4, 0.5) is 0 Å². The Morgan fingerprint density at radius 1 is 1.10 bits per heavy atom. The summed E-state index contributed by atoms with van der Waals surface area (Å²) in [5.41, 5.74) is 3.53. The van der Waals surface area contributed by atoms with Crippen molar-refractivity contribution in [2.75, 3.05) is 33.4 Å². The van der Waals surface area contributed by atoms with Gasteiger partial charge in [-0.05, 0) is 29.3 Å². The number of nitrogens with zero attached hydrogens (tertiary/aromatic N) is 5. The Morgan fingerprint density at radius 3 is 2.93 bits per heavy atom. The second-order valence-electron chi connectivity index (χ2n) is 7.72. The summed E-state index contributed by atoms with van der Waals surface area (Å²) in [5.74, 6) is 3.71. The van der Waals surface area contributed by atoms with Crippen LogP contribution in [-0.2, 0) is 19.4 Å². The number of hydrogen-bond acceptors (Lipinski definition) is 6. The van der Waals surface area contributed by atoms with Gasteiger partial charge in [-0.2, -0.15) is 0 Å². The molecule has 2 aromatic heterocycles. The maximum Gasteiger partial charge on any atom is 0.168 e. The lowest BCUT2D eigenvalue weighted by atomic mass is 10.1. The van der Waals surface area contributed by atoms with Gasteiger partial charge < -0.3 is 14.0 Å². The summed E-state index contributed by atoms with van der Waals surface area (Å²) in [6, 6.07) is 10.1. The molecule has 0 atom stereocenters. The summed E-state index contributed by atoms with van der Waals surface area (Å²) in [6.07, 6.45) is 7.59. The molecule has 0 fully saturated rings. The second kappa shape index (κ2) is 8.28. The second-order valence-corrected chi connectivity index (χ2v) is 7.72. The minimum atomic E-state index is 0.599. The summed E-state index contributed by atoms with van der Waals surface area (Å²) in [6.45, 7) is 4.33. The van der Waals surface area contributed by atoms with E-state index in [4.69, 9.17) is 9.47 Å². The Balaban J connectivity index is 1.27. The molecule has 154 valence electrons. The molecule has 7 nitrogen and oxygen atoms in total. The molecule has 5 rings (SSSR count). The van der Waals surface area contributed by atoms with Gasteiger partial charge in [0, 0.05) is 57.0 Å². The van der Waals surface area contributed by atoms with E-state index >= 15 is 0 Å². The maximum absolute atomic E-state index is 6.01. The lowest BCUT2D eigenvalue weighted by Gasteiger charge is -2.25. The molecule has 0 unspecified atom stereocenters. The SMILES string of the molecule is COc1cccc2c1OCC(CN1CCc3nnc(Cc4cccnc4)n3CC1)=C2. The van der Waals surface area contributed by atoms with Crippen molar-refractivity contribution in [2.45, 2.75) is 19.4 Å².